The standard InChI is InChI=1S/C15H14FNOS/c1-10-6-7-13(14(16)8-10)15(18)17-11-4-3-5-12(9-11)19-2/h3-9H,1-2H3,(H,17,18). The van der Waals surface area contributed by atoms with Crippen LogP contribution in [0.1, 0.15) is 15.9 Å². The molecule has 2 nitrogen and oxygen atoms in total. The molecule has 0 atom stereocenters. The van der Waals surface area contributed by atoms with Gasteiger partial charge in [-0.05, 0) is 49.1 Å². The van der Waals surface area contributed by atoms with Crippen molar-refractivity contribution >= 4 is 23.4 Å². The lowest BCUT2D eigenvalue weighted by atomic mass is 10.1. The zero-order valence-electron chi connectivity index (χ0n) is 10.7. The van der Waals surface area contributed by atoms with E-state index in [1.165, 1.54) is 12.1 Å². The third-order valence-electron chi connectivity index (χ3n) is 2.70. The summed E-state index contributed by atoms with van der Waals surface area (Å²) in [5, 5.41) is 2.70. The highest BCUT2D eigenvalue weighted by Gasteiger charge is 2.11. The van der Waals surface area contributed by atoms with Gasteiger partial charge in [0.25, 0.3) is 5.91 Å². The monoisotopic (exact) mass is 275 g/mol. The van der Waals surface area contributed by atoms with E-state index in [0.717, 1.165) is 10.5 Å². The van der Waals surface area contributed by atoms with Crippen LogP contribution >= 0.6 is 11.8 Å². The van der Waals surface area contributed by atoms with Gasteiger partial charge < -0.3 is 5.32 Å². The molecule has 19 heavy (non-hydrogen) atoms. The molecular formula is C15H14FNOS. The smallest absolute Gasteiger partial charge is 0.258 e. The van der Waals surface area contributed by atoms with Crippen molar-refractivity contribution < 1.29 is 9.18 Å². The van der Waals surface area contributed by atoms with Gasteiger partial charge in [-0.1, -0.05) is 12.1 Å². The SMILES string of the molecule is CSc1cccc(NC(=O)c2ccc(C)cc2F)c1. The number of nitrogens with one attached hydrogen (secondary N) is 1. The van der Waals surface area contributed by atoms with Crippen LogP contribution in [0.3, 0.4) is 0 Å². The molecule has 0 spiro atoms. The van der Waals surface area contributed by atoms with Gasteiger partial charge in [-0.3, -0.25) is 4.79 Å². The zero-order valence-corrected chi connectivity index (χ0v) is 11.6. The lowest BCUT2D eigenvalue weighted by Gasteiger charge is -2.07. The first-order valence-electron chi connectivity index (χ1n) is 5.81. The molecule has 0 aliphatic heterocycles. The Morgan fingerprint density at radius 2 is 2.00 bits per heavy atom. The Balaban J connectivity index is 2.20. The number of carbonyl (C=O) groups excluding carboxylic acids is 1. The van der Waals surface area contributed by atoms with Crippen molar-refractivity contribution in [3.05, 3.63) is 59.4 Å². The summed E-state index contributed by atoms with van der Waals surface area (Å²) in [6.45, 7) is 1.78. The topological polar surface area (TPSA) is 29.1 Å². The van der Waals surface area contributed by atoms with Crippen LogP contribution in [0, 0.1) is 12.7 Å². The maximum atomic E-state index is 13.7. The summed E-state index contributed by atoms with van der Waals surface area (Å²) in [5.74, 6) is -0.936. The second kappa shape index (κ2) is 5.89. The fraction of sp³-hybridized carbons (Fsp3) is 0.133. The molecule has 0 saturated heterocycles. The van der Waals surface area contributed by atoms with Crippen molar-refractivity contribution in [2.45, 2.75) is 11.8 Å². The molecule has 98 valence electrons. The number of benzene rings is 2. The lowest BCUT2D eigenvalue weighted by Crippen LogP contribution is -2.13. The number of aryl methyl sites for hydroxylation is 1. The van der Waals surface area contributed by atoms with E-state index in [9.17, 15) is 9.18 Å². The molecule has 0 aliphatic carbocycles. The molecule has 1 amide bonds. The fourth-order valence-corrected chi connectivity index (χ4v) is 2.16. The second-order valence-corrected chi connectivity index (χ2v) is 5.05. The van der Waals surface area contributed by atoms with Crippen molar-refractivity contribution in [3.8, 4) is 0 Å². The Hall–Kier alpha value is -1.81. The van der Waals surface area contributed by atoms with Gasteiger partial charge >= 0.3 is 0 Å². The van der Waals surface area contributed by atoms with E-state index in [4.69, 9.17) is 0 Å². The molecule has 0 heterocycles. The largest absolute Gasteiger partial charge is 0.322 e. The number of anilines is 1. The number of carbonyl (C=O) groups is 1. The van der Waals surface area contributed by atoms with Gasteiger partial charge in [0.1, 0.15) is 5.82 Å². The van der Waals surface area contributed by atoms with Gasteiger partial charge in [0.2, 0.25) is 0 Å². The minimum atomic E-state index is -0.501. The molecular weight excluding hydrogens is 261 g/mol. The van der Waals surface area contributed by atoms with Gasteiger partial charge in [-0.15, -0.1) is 11.8 Å². The summed E-state index contributed by atoms with van der Waals surface area (Å²) in [7, 11) is 0. The summed E-state index contributed by atoms with van der Waals surface area (Å²) in [4.78, 5) is 13.0. The Bertz CT molecular complexity index is 613. The molecule has 0 saturated carbocycles. The highest BCUT2D eigenvalue weighted by molar-refractivity contribution is 7.98. The highest BCUT2D eigenvalue weighted by atomic mass is 32.2. The summed E-state index contributed by atoms with van der Waals surface area (Å²) in [6.07, 6.45) is 1.96. The molecule has 0 aliphatic rings. The van der Waals surface area contributed by atoms with Gasteiger partial charge in [-0.25, -0.2) is 4.39 Å². The first-order valence-corrected chi connectivity index (χ1v) is 7.04. The Morgan fingerprint density at radius 3 is 2.68 bits per heavy atom. The third kappa shape index (κ3) is 3.35. The molecule has 0 fully saturated rings. The van der Waals surface area contributed by atoms with Crippen LogP contribution in [0.5, 0.6) is 0 Å². The molecule has 0 aromatic heterocycles. The molecule has 2 aromatic rings. The van der Waals surface area contributed by atoms with Crippen LogP contribution < -0.4 is 5.32 Å². The van der Waals surface area contributed by atoms with Gasteiger partial charge in [0.05, 0.1) is 5.56 Å². The van der Waals surface area contributed by atoms with Crippen LogP contribution in [0.2, 0.25) is 0 Å². The van der Waals surface area contributed by atoms with Gasteiger partial charge in [0.15, 0.2) is 0 Å². The molecule has 2 rings (SSSR count). The number of hydrogen-bond donors (Lipinski definition) is 1. The van der Waals surface area contributed by atoms with Crippen LogP contribution in [-0.4, -0.2) is 12.2 Å². The molecule has 0 unspecified atom stereocenters. The highest BCUT2D eigenvalue weighted by Crippen LogP contribution is 2.20. The fourth-order valence-electron chi connectivity index (χ4n) is 1.70. The molecule has 0 radical (unpaired) electrons. The van der Waals surface area contributed by atoms with Crippen molar-refractivity contribution in [1.29, 1.82) is 0 Å². The minimum absolute atomic E-state index is 0.0557. The van der Waals surface area contributed by atoms with Gasteiger partial charge in [-0.2, -0.15) is 0 Å². The Kier molecular flexibility index (Phi) is 4.22. The summed E-state index contributed by atoms with van der Waals surface area (Å²) in [5.41, 5.74) is 1.51. The van der Waals surface area contributed by atoms with Crippen LogP contribution in [0.25, 0.3) is 0 Å². The van der Waals surface area contributed by atoms with E-state index >= 15 is 0 Å². The molecule has 0 bridgehead atoms. The van der Waals surface area contributed by atoms with Crippen molar-refractivity contribution in [1.82, 2.24) is 0 Å². The van der Waals surface area contributed by atoms with Crippen LogP contribution in [0.4, 0.5) is 10.1 Å². The summed E-state index contributed by atoms with van der Waals surface area (Å²) in [6, 6.07) is 12.0. The van der Waals surface area contributed by atoms with Crippen molar-refractivity contribution in [3.63, 3.8) is 0 Å². The number of rotatable bonds is 3. The average Bonchev–Trinajstić information content (AvgIpc) is 2.38. The maximum Gasteiger partial charge on any atom is 0.258 e. The van der Waals surface area contributed by atoms with E-state index in [2.05, 4.69) is 5.32 Å². The lowest BCUT2D eigenvalue weighted by molar-refractivity contribution is 0.102. The normalized spacial score (nSPS) is 10.3. The maximum absolute atomic E-state index is 13.7. The minimum Gasteiger partial charge on any atom is -0.322 e. The number of thioether (sulfide) groups is 1. The first kappa shape index (κ1) is 13.6. The summed E-state index contributed by atoms with van der Waals surface area (Å²) >= 11 is 1.59. The molecule has 4 heteroatoms. The van der Waals surface area contributed by atoms with Crippen LogP contribution in [-0.2, 0) is 0 Å². The van der Waals surface area contributed by atoms with E-state index in [-0.39, 0.29) is 5.56 Å². The number of amides is 1. The predicted octanol–water partition coefficient (Wildman–Crippen LogP) is 4.11. The zero-order chi connectivity index (χ0) is 13.8. The predicted molar refractivity (Wildman–Crippen MR) is 77.3 cm³/mol. The third-order valence-corrected chi connectivity index (χ3v) is 3.42. The molecule has 1 N–H and O–H groups in total. The van der Waals surface area contributed by atoms with Crippen molar-refractivity contribution in [2.75, 3.05) is 11.6 Å². The van der Waals surface area contributed by atoms with Gasteiger partial charge in [0, 0.05) is 10.6 Å². The van der Waals surface area contributed by atoms with E-state index in [1.54, 1.807) is 30.8 Å². The van der Waals surface area contributed by atoms with E-state index in [0.29, 0.717) is 5.69 Å². The average molecular weight is 275 g/mol. The number of halogens is 1. The van der Waals surface area contributed by atoms with Crippen LogP contribution in [0.15, 0.2) is 47.4 Å². The van der Waals surface area contributed by atoms with Crippen molar-refractivity contribution in [2.24, 2.45) is 0 Å². The second-order valence-electron chi connectivity index (χ2n) is 4.17. The summed E-state index contributed by atoms with van der Waals surface area (Å²) < 4.78 is 13.7. The van der Waals surface area contributed by atoms with E-state index in [1.807, 2.05) is 24.5 Å². The quantitative estimate of drug-likeness (QED) is 0.854. The Labute approximate surface area is 116 Å². The first-order chi connectivity index (χ1) is 9.10. The molecule has 2 aromatic carbocycles. The van der Waals surface area contributed by atoms with E-state index < -0.39 is 11.7 Å². The number of hydrogen-bond acceptors (Lipinski definition) is 2. The Morgan fingerprint density at radius 1 is 1.21 bits per heavy atom.